The summed E-state index contributed by atoms with van der Waals surface area (Å²) in [5, 5.41) is 2.84. The Labute approximate surface area is 207 Å². The summed E-state index contributed by atoms with van der Waals surface area (Å²) < 4.78 is 20.2. The Kier molecular flexibility index (Phi) is 9.24. The molecule has 1 atom stereocenters. The van der Waals surface area contributed by atoms with Gasteiger partial charge in [-0.3, -0.25) is 9.59 Å². The highest BCUT2D eigenvalue weighted by Crippen LogP contribution is 2.17. The van der Waals surface area contributed by atoms with Crippen LogP contribution >= 0.6 is 22.6 Å². The first-order valence-electron chi connectivity index (χ1n) is 10.7. The second kappa shape index (κ2) is 12.3. The Bertz CT molecular complexity index is 1040. The molecule has 0 aliphatic rings. The number of nitrogens with one attached hydrogen (secondary N) is 1. The van der Waals surface area contributed by atoms with Gasteiger partial charge in [0.15, 0.2) is 6.61 Å². The summed E-state index contributed by atoms with van der Waals surface area (Å²) in [5.41, 5.74) is 1.66. The lowest BCUT2D eigenvalue weighted by molar-refractivity contribution is -0.142. The molecule has 3 aromatic rings. The Hall–Kier alpha value is -2.94. The van der Waals surface area contributed by atoms with Crippen molar-refractivity contribution in [1.82, 2.24) is 10.2 Å². The SMILES string of the molecule is CCNC(=O)[C@@H](Cc1ccccc1)N(Cc1ccc(F)cc1)C(=O)COc1ccc(I)cc1. The quantitative estimate of drug-likeness (QED) is 0.370. The van der Waals surface area contributed by atoms with Crippen LogP contribution in [0.2, 0.25) is 0 Å². The van der Waals surface area contributed by atoms with Crippen LogP contribution in [0.5, 0.6) is 5.75 Å². The fraction of sp³-hybridized carbons (Fsp3) is 0.231. The van der Waals surface area contributed by atoms with Gasteiger partial charge in [-0.2, -0.15) is 0 Å². The third kappa shape index (κ3) is 7.56. The summed E-state index contributed by atoms with van der Waals surface area (Å²) >= 11 is 2.20. The van der Waals surface area contributed by atoms with Crippen LogP contribution in [0, 0.1) is 9.39 Å². The Balaban J connectivity index is 1.87. The van der Waals surface area contributed by atoms with E-state index in [1.54, 1.807) is 24.3 Å². The first-order valence-corrected chi connectivity index (χ1v) is 11.8. The van der Waals surface area contributed by atoms with Crippen molar-refractivity contribution in [3.8, 4) is 5.75 Å². The van der Waals surface area contributed by atoms with Crippen LogP contribution in [0.1, 0.15) is 18.1 Å². The van der Waals surface area contributed by atoms with Crippen molar-refractivity contribution in [1.29, 1.82) is 0 Å². The first-order chi connectivity index (χ1) is 16.0. The van der Waals surface area contributed by atoms with Crippen molar-refractivity contribution < 1.29 is 18.7 Å². The Morgan fingerprint density at radius 1 is 0.970 bits per heavy atom. The van der Waals surface area contributed by atoms with Crippen molar-refractivity contribution in [3.63, 3.8) is 0 Å². The van der Waals surface area contributed by atoms with E-state index in [2.05, 4.69) is 27.9 Å². The van der Waals surface area contributed by atoms with Gasteiger partial charge in [-0.1, -0.05) is 42.5 Å². The molecule has 0 spiro atoms. The number of carbonyl (C=O) groups excluding carboxylic acids is 2. The highest BCUT2D eigenvalue weighted by Gasteiger charge is 2.30. The number of benzene rings is 3. The second-order valence-corrected chi connectivity index (χ2v) is 8.74. The van der Waals surface area contributed by atoms with Crippen molar-refractivity contribution in [2.24, 2.45) is 0 Å². The van der Waals surface area contributed by atoms with E-state index in [1.165, 1.54) is 17.0 Å². The molecule has 0 bridgehead atoms. The topological polar surface area (TPSA) is 58.6 Å². The van der Waals surface area contributed by atoms with Crippen molar-refractivity contribution in [2.45, 2.75) is 25.9 Å². The molecule has 0 fully saturated rings. The predicted molar refractivity (Wildman–Crippen MR) is 134 cm³/mol. The number of nitrogens with zero attached hydrogens (tertiary/aromatic N) is 1. The van der Waals surface area contributed by atoms with Gasteiger partial charge in [-0.15, -0.1) is 0 Å². The lowest BCUT2D eigenvalue weighted by atomic mass is 10.0. The van der Waals surface area contributed by atoms with E-state index < -0.39 is 6.04 Å². The molecule has 5 nitrogen and oxygen atoms in total. The molecule has 0 aliphatic carbocycles. The largest absolute Gasteiger partial charge is 0.484 e. The number of hydrogen-bond donors (Lipinski definition) is 1. The van der Waals surface area contributed by atoms with E-state index in [-0.39, 0.29) is 30.8 Å². The Morgan fingerprint density at radius 3 is 2.27 bits per heavy atom. The fourth-order valence-corrected chi connectivity index (χ4v) is 3.75. The molecular weight excluding hydrogens is 534 g/mol. The summed E-state index contributed by atoms with van der Waals surface area (Å²) in [4.78, 5) is 27.9. The number of carbonyl (C=O) groups is 2. The van der Waals surface area contributed by atoms with Gasteiger partial charge in [0.25, 0.3) is 5.91 Å². The lowest BCUT2D eigenvalue weighted by Crippen LogP contribution is -2.51. The average molecular weight is 560 g/mol. The van der Waals surface area contributed by atoms with Crippen LogP contribution in [0.15, 0.2) is 78.9 Å². The molecule has 3 rings (SSSR count). The molecule has 1 N–H and O–H groups in total. The summed E-state index contributed by atoms with van der Waals surface area (Å²) in [5.74, 6) is -0.359. The zero-order valence-corrected chi connectivity index (χ0v) is 20.5. The van der Waals surface area contributed by atoms with Crippen molar-refractivity contribution in [3.05, 3.63) is 99.4 Å². The molecule has 0 radical (unpaired) electrons. The van der Waals surface area contributed by atoms with Crippen molar-refractivity contribution in [2.75, 3.05) is 13.2 Å². The molecular formula is C26H26FIN2O3. The maximum absolute atomic E-state index is 13.4. The monoisotopic (exact) mass is 560 g/mol. The molecule has 172 valence electrons. The maximum Gasteiger partial charge on any atom is 0.261 e. The first kappa shape index (κ1) is 24.7. The molecule has 0 saturated heterocycles. The minimum atomic E-state index is -0.745. The van der Waals surface area contributed by atoms with Gasteiger partial charge >= 0.3 is 0 Å². The standard InChI is InChI=1S/C26H26FIN2O3/c1-2-29-26(32)24(16-19-6-4-3-5-7-19)30(17-20-8-10-21(27)11-9-20)25(31)18-33-23-14-12-22(28)13-15-23/h3-15,24H,2,16-18H2,1H3,(H,29,32)/t24-/m1/s1. The van der Waals surface area contributed by atoms with Crippen molar-refractivity contribution >= 4 is 34.4 Å². The summed E-state index contributed by atoms with van der Waals surface area (Å²) in [7, 11) is 0. The van der Waals surface area contributed by atoms with E-state index in [1.807, 2.05) is 49.4 Å². The third-order valence-corrected chi connectivity index (χ3v) is 5.78. The molecule has 0 aliphatic heterocycles. The number of rotatable bonds is 10. The number of hydrogen-bond acceptors (Lipinski definition) is 3. The van der Waals surface area contributed by atoms with Crippen LogP contribution in [0.25, 0.3) is 0 Å². The molecule has 0 saturated carbocycles. The number of likely N-dealkylation sites (N-methyl/N-ethyl adjacent to an activating group) is 1. The number of ether oxygens (including phenoxy) is 1. The van der Waals surface area contributed by atoms with E-state index in [9.17, 15) is 14.0 Å². The van der Waals surface area contributed by atoms with Gasteiger partial charge in [-0.25, -0.2) is 4.39 Å². The molecule has 33 heavy (non-hydrogen) atoms. The highest BCUT2D eigenvalue weighted by atomic mass is 127. The second-order valence-electron chi connectivity index (χ2n) is 7.49. The van der Waals surface area contributed by atoms with E-state index in [0.29, 0.717) is 18.7 Å². The van der Waals surface area contributed by atoms with E-state index >= 15 is 0 Å². The lowest BCUT2D eigenvalue weighted by Gasteiger charge is -2.31. The van der Waals surface area contributed by atoms with Crippen LogP contribution in [-0.4, -0.2) is 35.9 Å². The fourth-order valence-electron chi connectivity index (χ4n) is 3.39. The van der Waals surface area contributed by atoms with Crippen LogP contribution in [0.4, 0.5) is 4.39 Å². The van der Waals surface area contributed by atoms with E-state index in [0.717, 1.165) is 14.7 Å². The van der Waals surface area contributed by atoms with Crippen LogP contribution < -0.4 is 10.1 Å². The summed E-state index contributed by atoms with van der Waals surface area (Å²) in [6.45, 7) is 2.22. The molecule has 7 heteroatoms. The molecule has 0 unspecified atom stereocenters. The molecule has 3 aromatic carbocycles. The summed E-state index contributed by atoms with van der Waals surface area (Å²) in [6.07, 6.45) is 0.350. The van der Waals surface area contributed by atoms with E-state index in [4.69, 9.17) is 4.74 Å². The van der Waals surface area contributed by atoms with Crippen LogP contribution in [0.3, 0.4) is 0 Å². The third-order valence-electron chi connectivity index (χ3n) is 5.06. The highest BCUT2D eigenvalue weighted by molar-refractivity contribution is 14.1. The zero-order chi connectivity index (χ0) is 23.6. The predicted octanol–water partition coefficient (Wildman–Crippen LogP) is 4.59. The molecule has 0 heterocycles. The maximum atomic E-state index is 13.4. The summed E-state index contributed by atoms with van der Waals surface area (Å²) in [6, 6.07) is 22.1. The molecule has 2 amide bonds. The van der Waals surface area contributed by atoms with Crippen LogP contribution in [-0.2, 0) is 22.6 Å². The molecule has 0 aromatic heterocycles. The van der Waals surface area contributed by atoms with Gasteiger partial charge < -0.3 is 15.0 Å². The van der Waals surface area contributed by atoms with Gasteiger partial charge in [0.05, 0.1) is 0 Å². The van der Waals surface area contributed by atoms with Gasteiger partial charge in [0.2, 0.25) is 5.91 Å². The van der Waals surface area contributed by atoms with Gasteiger partial charge in [0, 0.05) is 23.1 Å². The smallest absolute Gasteiger partial charge is 0.261 e. The minimum Gasteiger partial charge on any atom is -0.484 e. The minimum absolute atomic E-state index is 0.157. The van der Waals surface area contributed by atoms with Gasteiger partial charge in [-0.05, 0) is 77.0 Å². The number of amides is 2. The average Bonchev–Trinajstić information content (AvgIpc) is 2.82. The normalized spacial score (nSPS) is 11.5. The van der Waals surface area contributed by atoms with Gasteiger partial charge in [0.1, 0.15) is 17.6 Å². The zero-order valence-electron chi connectivity index (χ0n) is 18.3. The number of halogens is 2. The Morgan fingerprint density at radius 2 is 1.64 bits per heavy atom.